The Bertz CT molecular complexity index is 258. The maximum Gasteiger partial charge on any atom is 0.0712 e. The number of aliphatic hydroxyl groups is 1. The Balaban J connectivity index is 1.76. The van der Waals surface area contributed by atoms with Gasteiger partial charge in [-0.25, -0.2) is 0 Å². The van der Waals surface area contributed by atoms with Crippen LogP contribution in [0, 0.1) is 23.2 Å². The van der Waals surface area contributed by atoms with Gasteiger partial charge in [-0.05, 0) is 49.4 Å². The lowest BCUT2D eigenvalue weighted by Gasteiger charge is -2.32. The first-order valence-corrected chi connectivity index (χ1v) is 7.29. The fraction of sp³-hybridized carbons (Fsp3) is 1.00. The Labute approximate surface area is 106 Å². The molecule has 0 heterocycles. The van der Waals surface area contributed by atoms with Crippen LogP contribution < -0.4 is 5.32 Å². The summed E-state index contributed by atoms with van der Waals surface area (Å²) < 4.78 is 0. The minimum absolute atomic E-state index is 0.0125. The standard InChI is InChI=1S/C15H29NO/c1-10(16-9-14(17)15(2,3)4)13-8-11-5-6-12(13)7-11/h10-14,16-17H,5-9H2,1-4H3. The Morgan fingerprint density at radius 3 is 2.41 bits per heavy atom. The highest BCUT2D eigenvalue weighted by molar-refractivity contribution is 4.94. The summed E-state index contributed by atoms with van der Waals surface area (Å²) in [6, 6.07) is 0.572. The Morgan fingerprint density at radius 2 is 1.94 bits per heavy atom. The minimum Gasteiger partial charge on any atom is -0.391 e. The molecule has 100 valence electrons. The number of rotatable bonds is 4. The molecule has 0 aromatic heterocycles. The van der Waals surface area contributed by atoms with Crippen LogP contribution in [0.5, 0.6) is 0 Å². The van der Waals surface area contributed by atoms with Gasteiger partial charge in [0, 0.05) is 12.6 Å². The van der Waals surface area contributed by atoms with E-state index in [1.54, 1.807) is 0 Å². The number of fused-ring (bicyclic) bond motifs is 2. The van der Waals surface area contributed by atoms with Crippen LogP contribution in [-0.4, -0.2) is 23.8 Å². The zero-order valence-electron chi connectivity index (χ0n) is 11.9. The maximum atomic E-state index is 10.0. The summed E-state index contributed by atoms with van der Waals surface area (Å²) in [5, 5.41) is 13.6. The van der Waals surface area contributed by atoms with Crippen LogP contribution in [0.3, 0.4) is 0 Å². The van der Waals surface area contributed by atoms with E-state index in [4.69, 9.17) is 0 Å². The molecule has 2 fully saturated rings. The predicted molar refractivity (Wildman–Crippen MR) is 71.9 cm³/mol. The fourth-order valence-corrected chi connectivity index (χ4v) is 3.66. The van der Waals surface area contributed by atoms with Crippen LogP contribution in [0.4, 0.5) is 0 Å². The molecule has 2 rings (SSSR count). The molecule has 2 saturated carbocycles. The van der Waals surface area contributed by atoms with E-state index in [9.17, 15) is 5.11 Å². The van der Waals surface area contributed by atoms with Crippen LogP contribution in [0.2, 0.25) is 0 Å². The van der Waals surface area contributed by atoms with Crippen molar-refractivity contribution in [3.63, 3.8) is 0 Å². The van der Waals surface area contributed by atoms with Crippen LogP contribution in [0.15, 0.2) is 0 Å². The molecule has 0 radical (unpaired) electrons. The van der Waals surface area contributed by atoms with Crippen LogP contribution >= 0.6 is 0 Å². The first-order valence-electron chi connectivity index (χ1n) is 7.29. The quantitative estimate of drug-likeness (QED) is 0.790. The van der Waals surface area contributed by atoms with Crippen molar-refractivity contribution in [2.24, 2.45) is 23.2 Å². The van der Waals surface area contributed by atoms with E-state index in [0.717, 1.165) is 24.3 Å². The van der Waals surface area contributed by atoms with Gasteiger partial charge < -0.3 is 10.4 Å². The molecule has 5 unspecified atom stereocenters. The molecule has 0 saturated heterocycles. The SMILES string of the molecule is CC(NCC(O)C(C)(C)C)C1CC2CCC1C2. The molecule has 2 N–H and O–H groups in total. The third-order valence-electron chi connectivity index (χ3n) is 5.07. The Morgan fingerprint density at radius 1 is 1.24 bits per heavy atom. The molecule has 2 heteroatoms. The van der Waals surface area contributed by atoms with Gasteiger partial charge in [-0.1, -0.05) is 27.2 Å². The highest BCUT2D eigenvalue weighted by atomic mass is 16.3. The summed E-state index contributed by atoms with van der Waals surface area (Å²) in [5.74, 6) is 2.84. The molecule has 0 aromatic rings. The van der Waals surface area contributed by atoms with Gasteiger partial charge in [0.1, 0.15) is 0 Å². The highest BCUT2D eigenvalue weighted by Gasteiger charge is 2.41. The highest BCUT2D eigenvalue weighted by Crippen LogP contribution is 2.49. The van der Waals surface area contributed by atoms with Crippen molar-refractivity contribution in [3.8, 4) is 0 Å². The molecule has 0 spiro atoms. The minimum atomic E-state index is -0.247. The summed E-state index contributed by atoms with van der Waals surface area (Å²) in [5.41, 5.74) is -0.0125. The second kappa shape index (κ2) is 4.89. The van der Waals surface area contributed by atoms with Crippen molar-refractivity contribution in [1.29, 1.82) is 0 Å². The van der Waals surface area contributed by atoms with Gasteiger partial charge in [-0.3, -0.25) is 0 Å². The smallest absolute Gasteiger partial charge is 0.0712 e. The van der Waals surface area contributed by atoms with E-state index in [-0.39, 0.29) is 11.5 Å². The van der Waals surface area contributed by atoms with Crippen LogP contribution in [-0.2, 0) is 0 Å². The summed E-state index contributed by atoms with van der Waals surface area (Å²) in [4.78, 5) is 0. The summed E-state index contributed by atoms with van der Waals surface area (Å²) in [6.07, 6.45) is 5.56. The average Bonchev–Trinajstić information content (AvgIpc) is 2.85. The molecule has 0 aliphatic heterocycles. The molecule has 0 amide bonds. The van der Waals surface area contributed by atoms with Gasteiger partial charge in [0.25, 0.3) is 0 Å². The van der Waals surface area contributed by atoms with Gasteiger partial charge >= 0.3 is 0 Å². The van der Waals surface area contributed by atoms with Gasteiger partial charge in [-0.15, -0.1) is 0 Å². The van der Waals surface area contributed by atoms with E-state index in [0.29, 0.717) is 6.04 Å². The normalized spacial score (nSPS) is 36.2. The Hall–Kier alpha value is -0.0800. The molecular formula is C15H29NO. The lowest BCUT2D eigenvalue weighted by molar-refractivity contribution is 0.0575. The van der Waals surface area contributed by atoms with E-state index >= 15 is 0 Å². The first-order chi connectivity index (χ1) is 7.88. The monoisotopic (exact) mass is 239 g/mol. The molecule has 0 aromatic carbocycles. The predicted octanol–water partition coefficient (Wildman–Crippen LogP) is 2.81. The third kappa shape index (κ3) is 3.03. The third-order valence-corrected chi connectivity index (χ3v) is 5.07. The van der Waals surface area contributed by atoms with E-state index in [2.05, 4.69) is 33.0 Å². The van der Waals surface area contributed by atoms with Crippen molar-refractivity contribution in [3.05, 3.63) is 0 Å². The molecule has 17 heavy (non-hydrogen) atoms. The summed E-state index contributed by atoms with van der Waals surface area (Å²) >= 11 is 0. The van der Waals surface area contributed by atoms with E-state index < -0.39 is 0 Å². The number of hydrogen-bond donors (Lipinski definition) is 2. The van der Waals surface area contributed by atoms with E-state index in [1.165, 1.54) is 25.7 Å². The zero-order chi connectivity index (χ0) is 12.6. The van der Waals surface area contributed by atoms with Gasteiger partial charge in [0.05, 0.1) is 6.10 Å². The molecule has 2 aliphatic carbocycles. The van der Waals surface area contributed by atoms with Crippen molar-refractivity contribution in [1.82, 2.24) is 5.32 Å². The summed E-state index contributed by atoms with van der Waals surface area (Å²) in [7, 11) is 0. The maximum absolute atomic E-state index is 10.0. The molecule has 2 aliphatic rings. The van der Waals surface area contributed by atoms with Gasteiger partial charge in [0.15, 0.2) is 0 Å². The summed E-state index contributed by atoms with van der Waals surface area (Å²) in [6.45, 7) is 9.34. The fourth-order valence-electron chi connectivity index (χ4n) is 3.66. The molecular weight excluding hydrogens is 210 g/mol. The number of nitrogens with one attached hydrogen (secondary N) is 1. The average molecular weight is 239 g/mol. The molecule has 2 nitrogen and oxygen atoms in total. The second-order valence-corrected chi connectivity index (χ2v) is 7.42. The second-order valence-electron chi connectivity index (χ2n) is 7.42. The van der Waals surface area contributed by atoms with Crippen molar-refractivity contribution in [2.45, 2.75) is 65.5 Å². The topological polar surface area (TPSA) is 32.3 Å². The van der Waals surface area contributed by atoms with Crippen LogP contribution in [0.25, 0.3) is 0 Å². The van der Waals surface area contributed by atoms with Crippen molar-refractivity contribution in [2.75, 3.05) is 6.54 Å². The molecule has 2 bridgehead atoms. The van der Waals surface area contributed by atoms with Gasteiger partial charge in [0.2, 0.25) is 0 Å². The number of aliphatic hydroxyl groups excluding tert-OH is 1. The Kier molecular flexibility index (Phi) is 3.84. The lowest BCUT2D eigenvalue weighted by Crippen LogP contribution is -2.43. The van der Waals surface area contributed by atoms with E-state index in [1.807, 2.05) is 0 Å². The first kappa shape index (κ1) is 13.4. The molecule has 5 atom stereocenters. The van der Waals surface area contributed by atoms with Gasteiger partial charge in [-0.2, -0.15) is 0 Å². The lowest BCUT2D eigenvalue weighted by atomic mass is 9.83. The zero-order valence-corrected chi connectivity index (χ0v) is 11.9. The largest absolute Gasteiger partial charge is 0.391 e. The van der Waals surface area contributed by atoms with Crippen molar-refractivity contribution < 1.29 is 5.11 Å². The van der Waals surface area contributed by atoms with Crippen LogP contribution in [0.1, 0.15) is 53.4 Å². The number of hydrogen-bond acceptors (Lipinski definition) is 2. The van der Waals surface area contributed by atoms with Crippen molar-refractivity contribution >= 4 is 0 Å².